The molecule has 1 heterocycles. The van der Waals surface area contributed by atoms with E-state index < -0.39 is 0 Å². The molecule has 2 fully saturated rings. The molecule has 2 aliphatic rings. The second-order valence-corrected chi connectivity index (χ2v) is 6.66. The molecule has 0 aromatic carbocycles. The second-order valence-electron chi connectivity index (χ2n) is 5.26. The summed E-state index contributed by atoms with van der Waals surface area (Å²) in [4.78, 5) is 1.40. The van der Waals surface area contributed by atoms with Crippen molar-refractivity contribution in [1.82, 2.24) is 9.59 Å². The Morgan fingerprint density at radius 3 is 2.73 bits per heavy atom. The first-order chi connectivity index (χ1) is 7.22. The molecule has 2 saturated carbocycles. The van der Waals surface area contributed by atoms with Crippen molar-refractivity contribution in [2.75, 3.05) is 5.33 Å². The summed E-state index contributed by atoms with van der Waals surface area (Å²) in [5.41, 5.74) is 1.66. The third kappa shape index (κ3) is 1.76. The van der Waals surface area contributed by atoms with Gasteiger partial charge in [-0.3, -0.25) is 0 Å². The lowest BCUT2D eigenvalue weighted by atomic mass is 9.81. The largest absolute Gasteiger partial charge is 0.143 e. The van der Waals surface area contributed by atoms with E-state index in [4.69, 9.17) is 0 Å². The van der Waals surface area contributed by atoms with Crippen molar-refractivity contribution in [2.45, 2.75) is 32.6 Å². The average molecular weight is 287 g/mol. The summed E-state index contributed by atoms with van der Waals surface area (Å²) < 4.78 is 4.04. The van der Waals surface area contributed by atoms with E-state index in [9.17, 15) is 0 Å². The van der Waals surface area contributed by atoms with Crippen LogP contribution in [0.4, 0.5) is 0 Å². The van der Waals surface area contributed by atoms with Gasteiger partial charge in [0.25, 0.3) is 0 Å². The molecule has 2 atom stereocenters. The van der Waals surface area contributed by atoms with Crippen molar-refractivity contribution in [3.05, 3.63) is 10.6 Å². The van der Waals surface area contributed by atoms with Crippen LogP contribution in [0.25, 0.3) is 0 Å². The molecule has 0 N–H and O–H groups in total. The predicted molar refractivity (Wildman–Crippen MR) is 65.4 cm³/mol. The second kappa shape index (κ2) is 3.52. The third-order valence-corrected chi connectivity index (χ3v) is 6.04. The number of rotatable bonds is 3. The van der Waals surface area contributed by atoms with Gasteiger partial charge in [0, 0.05) is 10.2 Å². The van der Waals surface area contributed by atoms with Gasteiger partial charge in [-0.05, 0) is 61.4 Å². The summed E-state index contributed by atoms with van der Waals surface area (Å²) in [6.45, 7) is 2.08. The first-order valence-electron chi connectivity index (χ1n) is 5.56. The molecule has 0 amide bonds. The van der Waals surface area contributed by atoms with Gasteiger partial charge in [-0.15, -0.1) is 5.10 Å². The van der Waals surface area contributed by atoms with Crippen LogP contribution in [0, 0.1) is 24.2 Å². The monoisotopic (exact) mass is 286 g/mol. The van der Waals surface area contributed by atoms with Crippen molar-refractivity contribution < 1.29 is 0 Å². The van der Waals surface area contributed by atoms with Crippen LogP contribution >= 0.6 is 27.5 Å². The Balaban J connectivity index is 1.78. The highest BCUT2D eigenvalue weighted by Gasteiger charge is 2.53. The summed E-state index contributed by atoms with van der Waals surface area (Å²) in [6.07, 6.45) is 5.52. The lowest BCUT2D eigenvalue weighted by Crippen LogP contribution is -2.23. The van der Waals surface area contributed by atoms with Crippen LogP contribution in [0.5, 0.6) is 0 Å². The molecule has 0 radical (unpaired) electrons. The van der Waals surface area contributed by atoms with Gasteiger partial charge < -0.3 is 0 Å². The minimum Gasteiger partial charge on any atom is -0.143 e. The van der Waals surface area contributed by atoms with E-state index in [0.717, 1.165) is 22.9 Å². The number of aromatic nitrogens is 2. The van der Waals surface area contributed by atoms with Gasteiger partial charge in [-0.25, -0.2) is 0 Å². The Morgan fingerprint density at radius 2 is 2.20 bits per heavy atom. The maximum absolute atomic E-state index is 4.11. The molecular weight excluding hydrogens is 272 g/mol. The van der Waals surface area contributed by atoms with Gasteiger partial charge in [-0.1, -0.05) is 20.4 Å². The summed E-state index contributed by atoms with van der Waals surface area (Å²) in [5.74, 6) is 2.09. The zero-order valence-electron chi connectivity index (χ0n) is 8.87. The molecule has 0 aliphatic heterocycles. The number of fused-ring (bicyclic) bond motifs is 1. The lowest BCUT2D eigenvalue weighted by molar-refractivity contribution is 0.310. The zero-order valence-corrected chi connectivity index (χ0v) is 11.3. The average Bonchev–Trinajstić information content (AvgIpc) is 2.66. The first-order valence-corrected chi connectivity index (χ1v) is 7.46. The molecule has 4 heteroatoms. The van der Waals surface area contributed by atoms with Crippen LogP contribution in [0.3, 0.4) is 0 Å². The molecule has 15 heavy (non-hydrogen) atoms. The van der Waals surface area contributed by atoms with Crippen LogP contribution < -0.4 is 0 Å². The highest BCUT2D eigenvalue weighted by molar-refractivity contribution is 9.09. The van der Waals surface area contributed by atoms with Crippen LogP contribution in [-0.4, -0.2) is 14.9 Å². The molecule has 0 spiro atoms. The maximum Gasteiger partial charge on any atom is 0.0756 e. The van der Waals surface area contributed by atoms with Crippen LogP contribution in [-0.2, 0) is 6.42 Å². The smallest absolute Gasteiger partial charge is 0.0756 e. The molecule has 0 bridgehead atoms. The Labute approximate surface area is 103 Å². The lowest BCUT2D eigenvalue weighted by Gasteiger charge is -2.28. The van der Waals surface area contributed by atoms with Crippen LogP contribution in [0.15, 0.2) is 0 Å². The Kier molecular flexibility index (Phi) is 2.40. The minimum absolute atomic E-state index is 0.520. The Hall–Kier alpha value is 0.0400. The van der Waals surface area contributed by atoms with Crippen molar-refractivity contribution in [1.29, 1.82) is 0 Å². The number of hydrogen-bond acceptors (Lipinski definition) is 3. The predicted octanol–water partition coefficient (Wildman–Crippen LogP) is 3.20. The number of alkyl halides is 1. The van der Waals surface area contributed by atoms with E-state index in [1.807, 2.05) is 0 Å². The zero-order chi connectivity index (χ0) is 10.5. The SMILES string of the molecule is Cc1nnsc1CC1(CBr)CC2CC2C1. The first kappa shape index (κ1) is 10.2. The standard InChI is InChI=1S/C11H15BrN2S/c1-7-10(15-14-13-7)5-11(6-12)3-8-2-9(8)4-11/h8-9H,2-6H2,1H3. The van der Waals surface area contributed by atoms with Gasteiger partial charge in [0.2, 0.25) is 0 Å². The van der Waals surface area contributed by atoms with Crippen molar-refractivity contribution >= 4 is 27.5 Å². The number of hydrogen-bond donors (Lipinski definition) is 0. The Bertz CT molecular complexity index is 366. The summed E-state index contributed by atoms with van der Waals surface area (Å²) >= 11 is 5.30. The quantitative estimate of drug-likeness (QED) is 0.798. The fourth-order valence-electron chi connectivity index (χ4n) is 3.06. The number of aryl methyl sites for hydroxylation is 1. The van der Waals surface area contributed by atoms with Crippen molar-refractivity contribution in [3.63, 3.8) is 0 Å². The van der Waals surface area contributed by atoms with Gasteiger partial charge in [0.05, 0.1) is 5.69 Å². The molecular formula is C11H15BrN2S. The maximum atomic E-state index is 4.11. The van der Waals surface area contributed by atoms with Crippen LogP contribution in [0.1, 0.15) is 29.8 Å². The molecule has 3 rings (SSSR count). The van der Waals surface area contributed by atoms with E-state index in [0.29, 0.717) is 5.41 Å². The summed E-state index contributed by atoms with van der Waals surface area (Å²) in [5, 5.41) is 5.25. The topological polar surface area (TPSA) is 25.8 Å². The van der Waals surface area contributed by atoms with Gasteiger partial charge in [0.1, 0.15) is 0 Å². The minimum atomic E-state index is 0.520. The van der Waals surface area contributed by atoms with Crippen molar-refractivity contribution in [2.24, 2.45) is 17.3 Å². The fourth-order valence-corrected chi connectivity index (χ4v) is 4.52. The highest BCUT2D eigenvalue weighted by atomic mass is 79.9. The van der Waals surface area contributed by atoms with E-state index >= 15 is 0 Å². The molecule has 1 aromatic heterocycles. The van der Waals surface area contributed by atoms with E-state index in [1.54, 1.807) is 11.5 Å². The van der Waals surface area contributed by atoms with Crippen LogP contribution in [0.2, 0.25) is 0 Å². The number of nitrogens with zero attached hydrogens (tertiary/aromatic N) is 2. The van der Waals surface area contributed by atoms with Gasteiger partial charge in [-0.2, -0.15) is 0 Å². The summed E-state index contributed by atoms with van der Waals surface area (Å²) in [7, 11) is 0. The summed E-state index contributed by atoms with van der Waals surface area (Å²) in [6, 6.07) is 0. The van der Waals surface area contributed by atoms with Gasteiger partial charge >= 0.3 is 0 Å². The Morgan fingerprint density at radius 1 is 1.47 bits per heavy atom. The molecule has 0 saturated heterocycles. The number of halogens is 1. The van der Waals surface area contributed by atoms with E-state index in [-0.39, 0.29) is 0 Å². The normalized spacial score (nSPS) is 38.0. The molecule has 2 nitrogen and oxygen atoms in total. The highest BCUT2D eigenvalue weighted by Crippen LogP contribution is 2.61. The van der Waals surface area contributed by atoms with E-state index in [1.165, 1.54) is 30.6 Å². The molecule has 1 aromatic rings. The van der Waals surface area contributed by atoms with Crippen molar-refractivity contribution in [3.8, 4) is 0 Å². The molecule has 82 valence electrons. The van der Waals surface area contributed by atoms with Gasteiger partial charge in [0.15, 0.2) is 0 Å². The van der Waals surface area contributed by atoms with E-state index in [2.05, 4.69) is 32.4 Å². The molecule has 2 unspecified atom stereocenters. The third-order valence-electron chi connectivity index (χ3n) is 4.02. The fraction of sp³-hybridized carbons (Fsp3) is 0.818. The molecule has 2 aliphatic carbocycles.